The van der Waals surface area contributed by atoms with Crippen LogP contribution in [0.2, 0.25) is 0 Å². The van der Waals surface area contributed by atoms with Crippen molar-refractivity contribution in [2.24, 2.45) is 0 Å². The molecule has 0 heterocycles. The summed E-state index contributed by atoms with van der Waals surface area (Å²) in [6.07, 6.45) is 3.07. The highest BCUT2D eigenvalue weighted by Gasteiger charge is 2.09. The van der Waals surface area contributed by atoms with Gasteiger partial charge < -0.3 is 4.74 Å². The molecular formula is C17H14O3. The minimum Gasteiger partial charge on any atom is -0.422 e. The molecule has 2 rings (SSSR count). The van der Waals surface area contributed by atoms with E-state index >= 15 is 0 Å². The molecule has 0 aliphatic carbocycles. The second-order valence-corrected chi connectivity index (χ2v) is 4.24. The molecule has 100 valence electrons. The number of hydrogen-bond donors (Lipinski definition) is 0. The summed E-state index contributed by atoms with van der Waals surface area (Å²) in [5.74, 6) is -0.0534. The van der Waals surface area contributed by atoms with Gasteiger partial charge in [0.25, 0.3) is 0 Å². The number of para-hydroxylation sites is 1. The fraction of sp³-hybridized carbons (Fsp3) is 0.0588. The van der Waals surface area contributed by atoms with Gasteiger partial charge in [-0.3, -0.25) is 4.79 Å². The largest absolute Gasteiger partial charge is 0.422 e. The molecule has 0 aliphatic rings. The van der Waals surface area contributed by atoms with Crippen LogP contribution in [0.15, 0.2) is 60.7 Å². The molecule has 20 heavy (non-hydrogen) atoms. The van der Waals surface area contributed by atoms with Gasteiger partial charge in [0.1, 0.15) is 5.75 Å². The van der Waals surface area contributed by atoms with Gasteiger partial charge in [-0.05, 0) is 37.3 Å². The van der Waals surface area contributed by atoms with Crippen LogP contribution in [0.4, 0.5) is 0 Å². The predicted octanol–water partition coefficient (Wildman–Crippen LogP) is 3.51. The summed E-state index contributed by atoms with van der Waals surface area (Å²) in [5, 5.41) is 0. The van der Waals surface area contributed by atoms with Crippen LogP contribution in [-0.2, 0) is 4.79 Å². The van der Waals surface area contributed by atoms with Crippen LogP contribution in [0.5, 0.6) is 5.75 Å². The lowest BCUT2D eigenvalue weighted by molar-refractivity contribution is -0.112. The van der Waals surface area contributed by atoms with Crippen molar-refractivity contribution in [3.63, 3.8) is 0 Å². The SMILES string of the molecule is CC(=O)/C=C\c1ccccc1OC(=O)c1ccccc1. The maximum atomic E-state index is 12.0. The Kier molecular flexibility index (Phi) is 4.45. The van der Waals surface area contributed by atoms with Crippen LogP contribution in [-0.4, -0.2) is 11.8 Å². The van der Waals surface area contributed by atoms with E-state index in [-0.39, 0.29) is 5.78 Å². The van der Waals surface area contributed by atoms with Crippen molar-refractivity contribution in [1.29, 1.82) is 0 Å². The van der Waals surface area contributed by atoms with E-state index in [1.165, 1.54) is 13.0 Å². The molecule has 0 unspecified atom stereocenters. The van der Waals surface area contributed by atoms with Crippen LogP contribution in [0.1, 0.15) is 22.8 Å². The van der Waals surface area contributed by atoms with Gasteiger partial charge in [0, 0.05) is 5.56 Å². The van der Waals surface area contributed by atoms with Gasteiger partial charge in [-0.25, -0.2) is 4.79 Å². The van der Waals surface area contributed by atoms with Gasteiger partial charge in [-0.15, -0.1) is 0 Å². The van der Waals surface area contributed by atoms with Crippen molar-refractivity contribution < 1.29 is 14.3 Å². The molecule has 0 radical (unpaired) electrons. The number of ether oxygens (including phenoxy) is 1. The summed E-state index contributed by atoms with van der Waals surface area (Å²) in [7, 11) is 0. The number of ketones is 1. The summed E-state index contributed by atoms with van der Waals surface area (Å²) in [6, 6.07) is 15.8. The van der Waals surface area contributed by atoms with E-state index in [4.69, 9.17) is 4.74 Å². The van der Waals surface area contributed by atoms with Gasteiger partial charge in [-0.2, -0.15) is 0 Å². The smallest absolute Gasteiger partial charge is 0.343 e. The van der Waals surface area contributed by atoms with Gasteiger partial charge in [0.05, 0.1) is 5.56 Å². The van der Waals surface area contributed by atoms with Crippen molar-refractivity contribution in [3.8, 4) is 5.75 Å². The molecule has 2 aromatic carbocycles. The van der Waals surface area contributed by atoms with Crippen molar-refractivity contribution in [3.05, 3.63) is 71.8 Å². The van der Waals surface area contributed by atoms with Crippen molar-refractivity contribution in [2.75, 3.05) is 0 Å². The van der Waals surface area contributed by atoms with Gasteiger partial charge >= 0.3 is 5.97 Å². The number of esters is 1. The van der Waals surface area contributed by atoms with E-state index in [1.807, 2.05) is 12.1 Å². The van der Waals surface area contributed by atoms with E-state index in [0.29, 0.717) is 16.9 Å². The molecule has 0 bridgehead atoms. The number of carbonyl (C=O) groups is 2. The first kappa shape index (κ1) is 13.7. The Morgan fingerprint density at radius 2 is 1.60 bits per heavy atom. The molecule has 2 aromatic rings. The van der Waals surface area contributed by atoms with Gasteiger partial charge in [0.2, 0.25) is 0 Å². The highest BCUT2D eigenvalue weighted by Crippen LogP contribution is 2.20. The first-order valence-electron chi connectivity index (χ1n) is 6.22. The fourth-order valence-electron chi connectivity index (χ4n) is 1.65. The molecule has 0 aliphatic heterocycles. The van der Waals surface area contributed by atoms with E-state index in [9.17, 15) is 9.59 Å². The van der Waals surface area contributed by atoms with Crippen molar-refractivity contribution >= 4 is 17.8 Å². The summed E-state index contributed by atoms with van der Waals surface area (Å²) in [5.41, 5.74) is 1.17. The Morgan fingerprint density at radius 3 is 2.30 bits per heavy atom. The number of allylic oxidation sites excluding steroid dienone is 1. The first-order valence-corrected chi connectivity index (χ1v) is 6.22. The highest BCUT2D eigenvalue weighted by atomic mass is 16.5. The highest BCUT2D eigenvalue weighted by molar-refractivity contribution is 5.93. The maximum Gasteiger partial charge on any atom is 0.343 e. The molecule has 3 heteroatoms. The van der Waals surface area contributed by atoms with Gasteiger partial charge in [0.15, 0.2) is 5.78 Å². The van der Waals surface area contributed by atoms with E-state index in [2.05, 4.69) is 0 Å². The molecule has 0 saturated carbocycles. The average molecular weight is 266 g/mol. The second kappa shape index (κ2) is 6.48. The Bertz CT molecular complexity index is 642. The average Bonchev–Trinajstić information content (AvgIpc) is 2.47. The zero-order valence-electron chi connectivity index (χ0n) is 11.1. The van der Waals surface area contributed by atoms with Crippen LogP contribution in [0.25, 0.3) is 6.08 Å². The number of benzene rings is 2. The lowest BCUT2D eigenvalue weighted by atomic mass is 10.1. The molecule has 0 aromatic heterocycles. The first-order chi connectivity index (χ1) is 9.66. The Labute approximate surface area is 117 Å². The monoisotopic (exact) mass is 266 g/mol. The lowest BCUT2D eigenvalue weighted by Crippen LogP contribution is -2.08. The molecule has 0 atom stereocenters. The number of rotatable bonds is 4. The van der Waals surface area contributed by atoms with Crippen LogP contribution in [0, 0.1) is 0 Å². The second-order valence-electron chi connectivity index (χ2n) is 4.24. The molecule has 0 saturated heterocycles. The Morgan fingerprint density at radius 1 is 0.950 bits per heavy atom. The Balaban J connectivity index is 2.21. The Hall–Kier alpha value is -2.68. The minimum atomic E-state index is -0.422. The molecule has 0 N–H and O–H groups in total. The summed E-state index contributed by atoms with van der Waals surface area (Å²) in [6.45, 7) is 1.47. The van der Waals surface area contributed by atoms with Crippen molar-refractivity contribution in [1.82, 2.24) is 0 Å². The van der Waals surface area contributed by atoms with E-state index in [1.54, 1.807) is 48.5 Å². The zero-order valence-corrected chi connectivity index (χ0v) is 11.1. The molecular weight excluding hydrogens is 252 g/mol. The molecule has 0 spiro atoms. The van der Waals surface area contributed by atoms with E-state index < -0.39 is 5.97 Å². The van der Waals surface area contributed by atoms with E-state index in [0.717, 1.165) is 0 Å². The summed E-state index contributed by atoms with van der Waals surface area (Å²) < 4.78 is 5.36. The quantitative estimate of drug-likeness (QED) is 0.483. The third-order valence-corrected chi connectivity index (χ3v) is 2.63. The predicted molar refractivity (Wildman–Crippen MR) is 77.6 cm³/mol. The zero-order chi connectivity index (χ0) is 14.4. The third kappa shape index (κ3) is 3.65. The fourth-order valence-corrected chi connectivity index (χ4v) is 1.65. The lowest BCUT2D eigenvalue weighted by Gasteiger charge is -2.07. The maximum absolute atomic E-state index is 12.0. The van der Waals surface area contributed by atoms with Gasteiger partial charge in [-0.1, -0.05) is 36.4 Å². The molecule has 3 nitrogen and oxygen atoms in total. The van der Waals surface area contributed by atoms with Crippen LogP contribution >= 0.6 is 0 Å². The number of carbonyl (C=O) groups excluding carboxylic acids is 2. The molecule has 0 amide bonds. The molecule has 0 fully saturated rings. The van der Waals surface area contributed by atoms with Crippen LogP contribution in [0.3, 0.4) is 0 Å². The number of hydrogen-bond acceptors (Lipinski definition) is 3. The topological polar surface area (TPSA) is 43.4 Å². The summed E-state index contributed by atoms with van der Waals surface area (Å²) in [4.78, 5) is 23.0. The normalized spacial score (nSPS) is 10.4. The van der Waals surface area contributed by atoms with Crippen molar-refractivity contribution in [2.45, 2.75) is 6.92 Å². The minimum absolute atomic E-state index is 0.0609. The standard InChI is InChI=1S/C17H14O3/c1-13(18)11-12-14-7-5-6-10-16(14)20-17(19)15-8-3-2-4-9-15/h2-12H,1H3/b12-11-. The van der Waals surface area contributed by atoms with Crippen LogP contribution < -0.4 is 4.74 Å². The third-order valence-electron chi connectivity index (χ3n) is 2.63. The summed E-state index contributed by atoms with van der Waals surface area (Å²) >= 11 is 0.